The molecular weight excluding hydrogens is 437 g/mol. The molecule has 0 aliphatic carbocycles. The lowest BCUT2D eigenvalue weighted by Gasteiger charge is -2.05. The van der Waals surface area contributed by atoms with E-state index in [0.29, 0.717) is 17.0 Å². The molecule has 0 unspecified atom stereocenters. The number of phenolic OH excluding ortho intramolecular Hbond substituents is 1. The third-order valence-electron chi connectivity index (χ3n) is 3.09. The minimum absolute atomic E-state index is 0.00879. The van der Waals surface area contributed by atoms with Crippen molar-refractivity contribution in [2.75, 3.05) is 19.0 Å². The van der Waals surface area contributed by atoms with Gasteiger partial charge in [-0.1, -0.05) is 6.07 Å². The van der Waals surface area contributed by atoms with Crippen molar-refractivity contribution in [3.05, 3.63) is 57.7 Å². The van der Waals surface area contributed by atoms with Gasteiger partial charge in [0, 0.05) is 15.3 Å². The van der Waals surface area contributed by atoms with Gasteiger partial charge in [-0.15, -0.1) is 0 Å². The molecule has 2 aromatic rings. The Hall–Kier alpha value is -2.55. The van der Waals surface area contributed by atoms with Gasteiger partial charge in [-0.3, -0.25) is 4.79 Å². The number of carbonyl (C=O) groups excluding carboxylic acids is 2. The van der Waals surface area contributed by atoms with E-state index < -0.39 is 11.9 Å². The summed E-state index contributed by atoms with van der Waals surface area (Å²) in [6.07, 6.45) is 2.70. The summed E-state index contributed by atoms with van der Waals surface area (Å²) in [6.45, 7) is -0.381. The molecule has 0 atom stereocenters. The molecule has 0 saturated heterocycles. The monoisotopic (exact) mass is 453 g/mol. The number of amides is 1. The van der Waals surface area contributed by atoms with E-state index in [1.165, 1.54) is 25.3 Å². The van der Waals surface area contributed by atoms with Crippen molar-refractivity contribution >= 4 is 46.2 Å². The maximum absolute atomic E-state index is 11.7. The molecule has 0 aliphatic heterocycles. The number of benzene rings is 2. The molecule has 0 aromatic heterocycles. The highest BCUT2D eigenvalue weighted by Crippen LogP contribution is 2.26. The van der Waals surface area contributed by atoms with Crippen LogP contribution in [0, 0.1) is 3.57 Å². The molecule has 0 fully saturated rings. The Labute approximate surface area is 158 Å². The summed E-state index contributed by atoms with van der Waals surface area (Å²) in [5.41, 5.74) is 1.28. The molecule has 2 aromatic carbocycles. The van der Waals surface area contributed by atoms with E-state index in [2.05, 4.69) is 27.9 Å². The summed E-state index contributed by atoms with van der Waals surface area (Å²) in [6, 6.07) is 11.9. The first kappa shape index (κ1) is 18.8. The fourth-order valence-corrected chi connectivity index (χ4v) is 2.24. The molecule has 0 aliphatic rings. The summed E-state index contributed by atoms with van der Waals surface area (Å²) >= 11 is 2.16. The van der Waals surface area contributed by atoms with Crippen LogP contribution >= 0.6 is 22.6 Å². The van der Waals surface area contributed by atoms with E-state index in [0.717, 1.165) is 3.57 Å². The van der Waals surface area contributed by atoms with Crippen molar-refractivity contribution in [2.45, 2.75) is 0 Å². The molecule has 25 heavy (non-hydrogen) atoms. The highest BCUT2D eigenvalue weighted by molar-refractivity contribution is 14.1. The molecule has 0 saturated carbocycles. The van der Waals surface area contributed by atoms with Gasteiger partial charge < -0.3 is 19.9 Å². The SMILES string of the molecule is COc1cc(/C=C/C(=O)OCC(=O)Nc2ccc(I)cc2)ccc1O. The second kappa shape index (κ2) is 9.07. The summed E-state index contributed by atoms with van der Waals surface area (Å²) in [5.74, 6) is -0.763. The molecule has 130 valence electrons. The lowest BCUT2D eigenvalue weighted by atomic mass is 10.2. The third-order valence-corrected chi connectivity index (χ3v) is 3.81. The molecular formula is C18H16INO5. The Morgan fingerprint density at radius 2 is 1.92 bits per heavy atom. The van der Waals surface area contributed by atoms with E-state index in [4.69, 9.17) is 9.47 Å². The zero-order valence-electron chi connectivity index (χ0n) is 13.4. The first-order valence-corrected chi connectivity index (χ1v) is 8.33. The van der Waals surface area contributed by atoms with Crippen molar-refractivity contribution in [3.63, 3.8) is 0 Å². The number of anilines is 1. The number of methoxy groups -OCH3 is 1. The normalized spacial score (nSPS) is 10.5. The minimum Gasteiger partial charge on any atom is -0.504 e. The van der Waals surface area contributed by atoms with Crippen LogP contribution in [0.15, 0.2) is 48.5 Å². The van der Waals surface area contributed by atoms with Crippen molar-refractivity contribution in [2.24, 2.45) is 0 Å². The highest BCUT2D eigenvalue weighted by Gasteiger charge is 2.06. The summed E-state index contributed by atoms with van der Waals surface area (Å²) in [7, 11) is 1.43. The van der Waals surface area contributed by atoms with Crippen LogP contribution in [0.5, 0.6) is 11.5 Å². The fraction of sp³-hybridized carbons (Fsp3) is 0.111. The van der Waals surface area contributed by atoms with Crippen LogP contribution in [0.25, 0.3) is 6.08 Å². The molecule has 7 heteroatoms. The lowest BCUT2D eigenvalue weighted by molar-refractivity contribution is -0.142. The Kier molecular flexibility index (Phi) is 6.81. The quantitative estimate of drug-likeness (QED) is 0.399. The average molecular weight is 453 g/mol. The van der Waals surface area contributed by atoms with Crippen LogP contribution in [0.2, 0.25) is 0 Å². The number of aromatic hydroxyl groups is 1. The lowest BCUT2D eigenvalue weighted by Crippen LogP contribution is -2.20. The van der Waals surface area contributed by atoms with E-state index in [1.807, 2.05) is 12.1 Å². The molecule has 0 radical (unpaired) electrons. The van der Waals surface area contributed by atoms with Gasteiger partial charge in [0.25, 0.3) is 5.91 Å². The highest BCUT2D eigenvalue weighted by atomic mass is 127. The second-order valence-electron chi connectivity index (χ2n) is 4.93. The van der Waals surface area contributed by atoms with Crippen LogP contribution < -0.4 is 10.1 Å². The van der Waals surface area contributed by atoms with E-state index in [9.17, 15) is 14.7 Å². The maximum atomic E-state index is 11.7. The molecule has 2 rings (SSSR count). The zero-order chi connectivity index (χ0) is 18.2. The van der Waals surface area contributed by atoms with Crippen molar-refractivity contribution in [1.29, 1.82) is 0 Å². The predicted molar refractivity (Wildman–Crippen MR) is 102 cm³/mol. The number of ether oxygens (including phenoxy) is 2. The number of rotatable bonds is 6. The Bertz CT molecular complexity index is 787. The smallest absolute Gasteiger partial charge is 0.331 e. The molecule has 2 N–H and O–H groups in total. The van der Waals surface area contributed by atoms with E-state index >= 15 is 0 Å². The van der Waals surface area contributed by atoms with Gasteiger partial charge in [-0.25, -0.2) is 4.79 Å². The largest absolute Gasteiger partial charge is 0.504 e. The van der Waals surface area contributed by atoms with Crippen molar-refractivity contribution in [1.82, 2.24) is 0 Å². The first-order chi connectivity index (χ1) is 12.0. The fourth-order valence-electron chi connectivity index (χ4n) is 1.88. The average Bonchev–Trinajstić information content (AvgIpc) is 2.61. The number of hydrogen-bond donors (Lipinski definition) is 2. The van der Waals surface area contributed by atoms with Gasteiger partial charge in [0.05, 0.1) is 7.11 Å². The van der Waals surface area contributed by atoms with Gasteiger partial charge in [0.2, 0.25) is 0 Å². The Morgan fingerprint density at radius 3 is 2.60 bits per heavy atom. The van der Waals surface area contributed by atoms with Gasteiger partial charge >= 0.3 is 5.97 Å². The van der Waals surface area contributed by atoms with Crippen LogP contribution in [0.1, 0.15) is 5.56 Å². The number of esters is 1. The molecule has 1 amide bonds. The molecule has 0 spiro atoms. The van der Waals surface area contributed by atoms with E-state index in [-0.39, 0.29) is 12.4 Å². The summed E-state index contributed by atoms with van der Waals surface area (Å²) in [5, 5.41) is 12.1. The number of nitrogens with one attached hydrogen (secondary N) is 1. The number of hydrogen-bond acceptors (Lipinski definition) is 5. The number of phenols is 1. The van der Waals surface area contributed by atoms with Gasteiger partial charge in [0.1, 0.15) is 0 Å². The maximum Gasteiger partial charge on any atom is 0.331 e. The van der Waals surface area contributed by atoms with Gasteiger partial charge in [-0.2, -0.15) is 0 Å². The van der Waals surface area contributed by atoms with Crippen LogP contribution in [-0.2, 0) is 14.3 Å². The summed E-state index contributed by atoms with van der Waals surface area (Å²) in [4.78, 5) is 23.4. The molecule has 0 bridgehead atoms. The second-order valence-corrected chi connectivity index (χ2v) is 6.17. The standard InChI is InChI=1S/C18H16INO5/c1-24-16-10-12(2-8-15(16)21)3-9-18(23)25-11-17(22)20-14-6-4-13(19)5-7-14/h2-10,21H,11H2,1H3,(H,20,22)/b9-3+. The van der Waals surface area contributed by atoms with Crippen molar-refractivity contribution < 1.29 is 24.2 Å². The molecule has 0 heterocycles. The van der Waals surface area contributed by atoms with Gasteiger partial charge in [0.15, 0.2) is 18.1 Å². The van der Waals surface area contributed by atoms with Crippen LogP contribution in [0.4, 0.5) is 5.69 Å². The number of carbonyl (C=O) groups is 2. The Balaban J connectivity index is 1.83. The minimum atomic E-state index is -0.648. The number of halogens is 1. The topological polar surface area (TPSA) is 84.9 Å². The van der Waals surface area contributed by atoms with Crippen LogP contribution in [0.3, 0.4) is 0 Å². The van der Waals surface area contributed by atoms with Crippen molar-refractivity contribution in [3.8, 4) is 11.5 Å². The summed E-state index contributed by atoms with van der Waals surface area (Å²) < 4.78 is 10.9. The first-order valence-electron chi connectivity index (χ1n) is 7.25. The van der Waals surface area contributed by atoms with Crippen LogP contribution in [-0.4, -0.2) is 30.7 Å². The Morgan fingerprint density at radius 1 is 1.20 bits per heavy atom. The van der Waals surface area contributed by atoms with E-state index in [1.54, 1.807) is 24.3 Å². The zero-order valence-corrected chi connectivity index (χ0v) is 15.5. The third kappa shape index (κ3) is 6.11. The van der Waals surface area contributed by atoms with Gasteiger partial charge in [-0.05, 0) is 70.6 Å². The molecule has 6 nitrogen and oxygen atoms in total. The predicted octanol–water partition coefficient (Wildman–Crippen LogP) is 3.20.